The highest BCUT2D eigenvalue weighted by Gasteiger charge is 2.29. The molecule has 3 rings (SSSR count). The molecular formula is C15H17FN2OS. The molecule has 0 aliphatic carbocycles. The number of fused-ring (bicyclic) bond motifs is 1. The summed E-state index contributed by atoms with van der Waals surface area (Å²) in [6.45, 7) is 1.64. The van der Waals surface area contributed by atoms with Gasteiger partial charge in [-0.1, -0.05) is 6.07 Å². The van der Waals surface area contributed by atoms with E-state index in [0.717, 1.165) is 36.0 Å². The molecule has 2 heterocycles. The highest BCUT2D eigenvalue weighted by atomic mass is 32.1. The number of likely N-dealkylation sites (tertiary alicyclic amines) is 1. The third kappa shape index (κ3) is 2.43. The SMILES string of the molecule is CNCC1CCCN1C(=O)c1cc2ccc(F)cc2s1. The number of carbonyl (C=O) groups is 1. The average Bonchev–Trinajstić information content (AvgIpc) is 3.04. The maximum absolute atomic E-state index is 13.2. The van der Waals surface area contributed by atoms with E-state index in [9.17, 15) is 9.18 Å². The van der Waals surface area contributed by atoms with Gasteiger partial charge in [0.15, 0.2) is 0 Å². The van der Waals surface area contributed by atoms with Crippen molar-refractivity contribution in [2.75, 3.05) is 20.1 Å². The monoisotopic (exact) mass is 292 g/mol. The van der Waals surface area contributed by atoms with Crippen LogP contribution in [-0.2, 0) is 0 Å². The summed E-state index contributed by atoms with van der Waals surface area (Å²) >= 11 is 1.37. The number of nitrogens with one attached hydrogen (secondary N) is 1. The third-order valence-corrected chi connectivity index (χ3v) is 4.86. The number of nitrogens with zero attached hydrogens (tertiary/aromatic N) is 1. The van der Waals surface area contributed by atoms with Crippen molar-refractivity contribution >= 4 is 27.3 Å². The molecule has 1 aromatic carbocycles. The lowest BCUT2D eigenvalue weighted by atomic mass is 10.2. The zero-order valence-corrected chi connectivity index (χ0v) is 12.2. The van der Waals surface area contributed by atoms with Crippen LogP contribution in [0.1, 0.15) is 22.5 Å². The van der Waals surface area contributed by atoms with E-state index in [1.165, 1.54) is 23.5 Å². The van der Waals surface area contributed by atoms with Crippen LogP contribution >= 0.6 is 11.3 Å². The number of rotatable bonds is 3. The number of hydrogen-bond acceptors (Lipinski definition) is 3. The Morgan fingerprint density at radius 3 is 3.15 bits per heavy atom. The number of amides is 1. The normalized spacial score (nSPS) is 18.9. The van der Waals surface area contributed by atoms with Crippen LogP contribution in [0, 0.1) is 5.82 Å². The molecule has 1 aliphatic rings. The van der Waals surface area contributed by atoms with E-state index in [1.54, 1.807) is 6.07 Å². The summed E-state index contributed by atoms with van der Waals surface area (Å²) in [5, 5.41) is 4.07. The van der Waals surface area contributed by atoms with Crippen LogP contribution in [0.25, 0.3) is 10.1 Å². The number of carbonyl (C=O) groups excluding carboxylic acids is 1. The van der Waals surface area contributed by atoms with Gasteiger partial charge in [0.1, 0.15) is 5.82 Å². The Kier molecular flexibility index (Phi) is 3.72. The van der Waals surface area contributed by atoms with Gasteiger partial charge in [-0.2, -0.15) is 0 Å². The van der Waals surface area contributed by atoms with Crippen molar-refractivity contribution in [3.8, 4) is 0 Å². The van der Waals surface area contributed by atoms with Crippen LogP contribution in [0.2, 0.25) is 0 Å². The van der Waals surface area contributed by atoms with Crippen LogP contribution in [-0.4, -0.2) is 37.0 Å². The summed E-state index contributed by atoms with van der Waals surface area (Å²) in [5.41, 5.74) is 0. The maximum Gasteiger partial charge on any atom is 0.264 e. The number of thiophene rings is 1. The fraction of sp³-hybridized carbons (Fsp3) is 0.400. The predicted octanol–water partition coefficient (Wildman–Crippen LogP) is 2.86. The molecule has 0 bridgehead atoms. The van der Waals surface area contributed by atoms with E-state index < -0.39 is 0 Å². The van der Waals surface area contributed by atoms with Gasteiger partial charge in [0, 0.05) is 23.8 Å². The summed E-state index contributed by atoms with van der Waals surface area (Å²) in [4.78, 5) is 15.2. The Morgan fingerprint density at radius 1 is 1.50 bits per heavy atom. The van der Waals surface area contributed by atoms with Crippen LogP contribution < -0.4 is 5.32 Å². The Hall–Kier alpha value is -1.46. The molecule has 1 atom stereocenters. The van der Waals surface area contributed by atoms with Crippen LogP contribution in [0.3, 0.4) is 0 Å². The number of benzene rings is 1. The van der Waals surface area contributed by atoms with Crippen LogP contribution in [0.4, 0.5) is 4.39 Å². The minimum absolute atomic E-state index is 0.0735. The second-order valence-electron chi connectivity index (χ2n) is 5.15. The molecule has 0 radical (unpaired) electrons. The molecule has 0 spiro atoms. The van der Waals surface area contributed by atoms with Crippen molar-refractivity contribution in [3.05, 3.63) is 35.0 Å². The Balaban J connectivity index is 1.88. The van der Waals surface area contributed by atoms with Gasteiger partial charge in [-0.05, 0) is 43.5 Å². The Bertz CT molecular complexity index is 640. The van der Waals surface area contributed by atoms with Gasteiger partial charge in [0.2, 0.25) is 0 Å². The standard InChI is InChI=1S/C15H17FN2OS/c1-17-9-12-3-2-6-18(12)15(19)14-7-10-4-5-11(16)8-13(10)20-14/h4-5,7-8,12,17H,2-3,6,9H2,1H3. The zero-order valence-electron chi connectivity index (χ0n) is 11.4. The lowest BCUT2D eigenvalue weighted by Crippen LogP contribution is -2.40. The minimum Gasteiger partial charge on any atom is -0.334 e. The van der Waals surface area contributed by atoms with E-state index in [-0.39, 0.29) is 17.8 Å². The largest absolute Gasteiger partial charge is 0.334 e. The van der Waals surface area contributed by atoms with Crippen LogP contribution in [0.5, 0.6) is 0 Å². The Morgan fingerprint density at radius 2 is 2.35 bits per heavy atom. The lowest BCUT2D eigenvalue weighted by Gasteiger charge is -2.23. The van der Waals surface area contributed by atoms with Crippen molar-refractivity contribution in [1.82, 2.24) is 10.2 Å². The molecule has 1 aliphatic heterocycles. The molecule has 5 heteroatoms. The van der Waals surface area contributed by atoms with Gasteiger partial charge in [0.05, 0.1) is 4.88 Å². The molecular weight excluding hydrogens is 275 g/mol. The maximum atomic E-state index is 13.2. The average molecular weight is 292 g/mol. The number of likely N-dealkylation sites (N-methyl/N-ethyl adjacent to an activating group) is 1. The van der Waals surface area contributed by atoms with Gasteiger partial charge in [-0.15, -0.1) is 11.3 Å². The van der Waals surface area contributed by atoms with Crippen molar-refractivity contribution in [2.45, 2.75) is 18.9 Å². The lowest BCUT2D eigenvalue weighted by molar-refractivity contribution is 0.0742. The van der Waals surface area contributed by atoms with Gasteiger partial charge in [-0.25, -0.2) is 4.39 Å². The summed E-state index contributed by atoms with van der Waals surface area (Å²) in [6.07, 6.45) is 2.10. The zero-order chi connectivity index (χ0) is 14.1. The second kappa shape index (κ2) is 5.50. The van der Waals surface area contributed by atoms with Gasteiger partial charge < -0.3 is 10.2 Å². The quantitative estimate of drug-likeness (QED) is 0.943. The molecule has 1 amide bonds. The third-order valence-electron chi connectivity index (χ3n) is 3.77. The fourth-order valence-electron chi connectivity index (χ4n) is 2.80. The topological polar surface area (TPSA) is 32.3 Å². The van der Waals surface area contributed by atoms with Gasteiger partial charge in [-0.3, -0.25) is 4.79 Å². The molecule has 1 aromatic heterocycles. The van der Waals surface area contributed by atoms with E-state index in [0.29, 0.717) is 4.88 Å². The minimum atomic E-state index is -0.257. The first-order valence-electron chi connectivity index (χ1n) is 6.83. The van der Waals surface area contributed by atoms with Gasteiger partial charge >= 0.3 is 0 Å². The molecule has 1 N–H and O–H groups in total. The smallest absolute Gasteiger partial charge is 0.264 e. The first kappa shape index (κ1) is 13.5. The fourth-order valence-corrected chi connectivity index (χ4v) is 3.85. The highest BCUT2D eigenvalue weighted by Crippen LogP contribution is 2.29. The summed E-state index contributed by atoms with van der Waals surface area (Å²) in [6, 6.07) is 6.80. The van der Waals surface area contributed by atoms with Crippen molar-refractivity contribution < 1.29 is 9.18 Å². The number of halogens is 1. The summed E-state index contributed by atoms with van der Waals surface area (Å²) in [7, 11) is 1.91. The van der Waals surface area contributed by atoms with E-state index >= 15 is 0 Å². The van der Waals surface area contributed by atoms with Crippen molar-refractivity contribution in [1.29, 1.82) is 0 Å². The number of hydrogen-bond donors (Lipinski definition) is 1. The summed E-state index contributed by atoms with van der Waals surface area (Å²) in [5.74, 6) is -0.183. The first-order valence-corrected chi connectivity index (χ1v) is 7.65. The first-order chi connectivity index (χ1) is 9.69. The van der Waals surface area contributed by atoms with E-state index in [2.05, 4.69) is 5.32 Å². The van der Waals surface area contributed by atoms with Gasteiger partial charge in [0.25, 0.3) is 5.91 Å². The molecule has 2 aromatic rings. The summed E-state index contributed by atoms with van der Waals surface area (Å²) < 4.78 is 14.0. The molecule has 106 valence electrons. The van der Waals surface area contributed by atoms with Crippen LogP contribution in [0.15, 0.2) is 24.3 Å². The molecule has 20 heavy (non-hydrogen) atoms. The molecule has 0 saturated carbocycles. The molecule has 1 fully saturated rings. The van der Waals surface area contributed by atoms with Crippen molar-refractivity contribution in [3.63, 3.8) is 0 Å². The van der Waals surface area contributed by atoms with E-state index in [4.69, 9.17) is 0 Å². The highest BCUT2D eigenvalue weighted by molar-refractivity contribution is 7.20. The molecule has 1 saturated heterocycles. The molecule has 3 nitrogen and oxygen atoms in total. The molecule has 1 unspecified atom stereocenters. The second-order valence-corrected chi connectivity index (χ2v) is 6.23. The Labute approximate surface area is 121 Å². The van der Waals surface area contributed by atoms with Crippen molar-refractivity contribution in [2.24, 2.45) is 0 Å². The predicted molar refractivity (Wildman–Crippen MR) is 79.8 cm³/mol. The van der Waals surface area contributed by atoms with E-state index in [1.807, 2.05) is 18.0 Å².